The first-order valence-electron chi connectivity index (χ1n) is 20.9. The molecule has 4 aromatic rings. The molecule has 0 spiro atoms. The molecule has 66 heavy (non-hydrogen) atoms. The van der Waals surface area contributed by atoms with E-state index >= 15 is 0 Å². The van der Waals surface area contributed by atoms with Gasteiger partial charge in [-0.2, -0.15) is 0 Å². The number of aliphatic hydroxyl groups excluding tert-OH is 1. The van der Waals surface area contributed by atoms with E-state index in [1.165, 1.54) is 50.1 Å². The molecule has 0 fully saturated rings. The molecule has 4 heterocycles. The Morgan fingerprint density at radius 2 is 0.955 bits per heavy atom. The second-order valence-electron chi connectivity index (χ2n) is 15.7. The minimum atomic E-state index is -1.66. The number of nitrogens with zero attached hydrogens (tertiary/aromatic N) is 5. The van der Waals surface area contributed by atoms with Gasteiger partial charge < -0.3 is 79.3 Å². The molecular formula is C39H58N18O9. The zero-order valence-electron chi connectivity index (χ0n) is 36.3. The molecule has 0 aromatic carbocycles. The molecule has 0 aliphatic rings. The van der Waals surface area contributed by atoms with Gasteiger partial charge in [0.25, 0.3) is 0 Å². The maximum Gasteiger partial charge on any atom is 0.326 e. The predicted molar refractivity (Wildman–Crippen MR) is 233 cm³/mol. The third-order valence-corrected chi connectivity index (χ3v) is 9.88. The molecule has 7 atom stereocenters. The molecule has 0 saturated carbocycles. The molecule has 358 valence electrons. The van der Waals surface area contributed by atoms with Crippen molar-refractivity contribution in [3.63, 3.8) is 0 Å². The maximum atomic E-state index is 14.2. The summed E-state index contributed by atoms with van der Waals surface area (Å²) >= 11 is 0. The number of nitrogens with two attached hydrogens (primary N) is 3. The Morgan fingerprint density at radius 3 is 1.39 bits per heavy atom. The van der Waals surface area contributed by atoms with E-state index in [0.29, 0.717) is 22.8 Å². The number of guanidine groups is 1. The smallest absolute Gasteiger partial charge is 0.326 e. The Morgan fingerprint density at radius 1 is 0.576 bits per heavy atom. The van der Waals surface area contributed by atoms with Crippen LogP contribution in [-0.4, -0.2) is 153 Å². The average molecular weight is 923 g/mol. The zero-order valence-corrected chi connectivity index (χ0v) is 36.3. The molecule has 4 rings (SSSR count). The Balaban J connectivity index is 1.52. The zero-order chi connectivity index (χ0) is 48.2. The van der Waals surface area contributed by atoms with Crippen LogP contribution < -0.4 is 49.1 Å². The van der Waals surface area contributed by atoms with Gasteiger partial charge in [0, 0.05) is 79.8 Å². The number of carboxylic acid groups (broad SMARTS) is 1. The van der Waals surface area contributed by atoms with Gasteiger partial charge >= 0.3 is 5.97 Å². The normalized spacial score (nSPS) is 14.3. The fourth-order valence-corrected chi connectivity index (χ4v) is 6.50. The van der Waals surface area contributed by atoms with E-state index in [4.69, 9.17) is 17.2 Å². The number of hydrogen-bond donors (Lipinski definition) is 15. The molecule has 0 saturated heterocycles. The van der Waals surface area contributed by atoms with Gasteiger partial charge in [0.15, 0.2) is 5.96 Å². The number of amides is 6. The third kappa shape index (κ3) is 16.8. The lowest BCUT2D eigenvalue weighted by Gasteiger charge is -2.27. The number of H-pyrrole nitrogens is 4. The van der Waals surface area contributed by atoms with Crippen LogP contribution in [0, 0.1) is 5.92 Å². The fraction of sp³-hybridized carbons (Fsp3) is 0.487. The van der Waals surface area contributed by atoms with Crippen LogP contribution in [0.5, 0.6) is 0 Å². The summed E-state index contributed by atoms with van der Waals surface area (Å²) in [6, 6.07) is -9.54. The molecule has 0 unspecified atom stereocenters. The van der Waals surface area contributed by atoms with Crippen molar-refractivity contribution in [1.29, 1.82) is 0 Å². The summed E-state index contributed by atoms with van der Waals surface area (Å²) in [7, 11) is 0. The number of aromatic nitrogens is 8. The van der Waals surface area contributed by atoms with E-state index in [2.05, 4.69) is 76.8 Å². The molecular weight excluding hydrogens is 865 g/mol. The van der Waals surface area contributed by atoms with E-state index < -0.39 is 90.3 Å². The maximum absolute atomic E-state index is 14.2. The SMILES string of the molecule is CC(C)C[C@H](NC(=O)[C@H](CO)NC(=O)[C@H](CCCN=C(N)N)NC(=O)[C@H](Cc1cnc[nH]1)NC(=O)[C@H](Cc1cnc[nH]1)NC(=O)[C@@H](N)Cc1cnc[nH]1)C(=O)N[C@@H](Cc1cnc[nH]1)C(=O)O. The highest BCUT2D eigenvalue weighted by molar-refractivity contribution is 5.97. The number of carbonyl (C=O) groups excluding carboxylic acids is 6. The molecule has 0 aliphatic heterocycles. The first-order valence-corrected chi connectivity index (χ1v) is 20.9. The first-order chi connectivity index (χ1) is 31.5. The Bertz CT molecular complexity index is 2180. The summed E-state index contributed by atoms with van der Waals surface area (Å²) in [5.41, 5.74) is 19.0. The standard InChI is InChI=1S/C39H58N18O9/c1-20(2)6-27(34(61)56-30(38(65)66)10-24-14-46-19-51-24)54-37(64)31(15-58)57-33(60)26(4-3-5-47-39(41)42)52-35(62)29(9-23-13-45-18-50-23)55-36(63)28(8-22-12-44-17-49-22)53-32(59)25(40)7-21-11-43-16-48-21/h11-14,16-20,25-31,58H,3-10,15,40H2,1-2H3,(H,43,48)(H,44,49)(H,45,50)(H,46,51)(H,52,62)(H,53,59)(H,54,64)(H,55,63)(H,56,61)(H,57,60)(H,65,66)(H4,41,42,47)/t25-,26-,27-,28-,29-,30-,31-/m0/s1. The van der Waals surface area contributed by atoms with E-state index in [0.717, 1.165) is 0 Å². The van der Waals surface area contributed by atoms with E-state index in [9.17, 15) is 43.8 Å². The Labute approximate surface area is 377 Å². The van der Waals surface area contributed by atoms with Crippen molar-refractivity contribution in [3.8, 4) is 0 Å². The van der Waals surface area contributed by atoms with Gasteiger partial charge in [-0.1, -0.05) is 13.8 Å². The Kier molecular flexibility index (Phi) is 19.7. The summed E-state index contributed by atoms with van der Waals surface area (Å²) in [6.07, 6.45) is 11.1. The molecule has 27 heteroatoms. The molecule has 0 radical (unpaired) electrons. The molecule has 0 bridgehead atoms. The lowest BCUT2D eigenvalue weighted by atomic mass is 10.0. The van der Waals surface area contributed by atoms with Crippen LogP contribution in [-0.2, 0) is 59.2 Å². The van der Waals surface area contributed by atoms with E-state index in [1.54, 1.807) is 13.8 Å². The van der Waals surface area contributed by atoms with E-state index in [1.807, 2.05) is 0 Å². The number of nitrogens with one attached hydrogen (secondary N) is 10. The van der Waals surface area contributed by atoms with Crippen LogP contribution in [0.15, 0.2) is 55.1 Å². The molecule has 4 aromatic heterocycles. The van der Waals surface area contributed by atoms with Gasteiger partial charge in [-0.3, -0.25) is 33.8 Å². The van der Waals surface area contributed by atoms with Crippen molar-refractivity contribution in [3.05, 3.63) is 72.9 Å². The lowest BCUT2D eigenvalue weighted by molar-refractivity contribution is -0.142. The van der Waals surface area contributed by atoms with Crippen molar-refractivity contribution in [2.75, 3.05) is 13.2 Å². The van der Waals surface area contributed by atoms with Gasteiger partial charge in [0.2, 0.25) is 35.4 Å². The number of carboxylic acids is 1. The van der Waals surface area contributed by atoms with Crippen LogP contribution in [0.25, 0.3) is 0 Å². The van der Waals surface area contributed by atoms with Gasteiger partial charge in [-0.15, -0.1) is 0 Å². The van der Waals surface area contributed by atoms with Crippen molar-refractivity contribution in [2.24, 2.45) is 28.1 Å². The minimum Gasteiger partial charge on any atom is -0.480 e. The highest BCUT2D eigenvalue weighted by atomic mass is 16.4. The van der Waals surface area contributed by atoms with Gasteiger partial charge in [0.05, 0.1) is 38.0 Å². The predicted octanol–water partition coefficient (Wildman–Crippen LogP) is -4.74. The highest BCUT2D eigenvalue weighted by Gasteiger charge is 2.34. The number of rotatable bonds is 28. The largest absolute Gasteiger partial charge is 0.480 e. The number of carbonyl (C=O) groups is 7. The Hall–Kier alpha value is -7.68. The summed E-state index contributed by atoms with van der Waals surface area (Å²) in [4.78, 5) is 126. The number of aliphatic hydroxyl groups is 1. The second-order valence-corrected chi connectivity index (χ2v) is 15.7. The monoisotopic (exact) mass is 922 g/mol. The van der Waals surface area contributed by atoms with Crippen LogP contribution in [0.2, 0.25) is 0 Å². The molecule has 6 amide bonds. The fourth-order valence-electron chi connectivity index (χ4n) is 6.50. The van der Waals surface area contributed by atoms with Crippen molar-refractivity contribution < 1.29 is 43.8 Å². The van der Waals surface area contributed by atoms with Crippen molar-refractivity contribution in [1.82, 2.24) is 71.8 Å². The number of aliphatic carboxylic acids is 1. The van der Waals surface area contributed by atoms with Crippen molar-refractivity contribution >= 4 is 47.4 Å². The quantitative estimate of drug-likeness (QED) is 0.0145. The summed E-state index contributed by atoms with van der Waals surface area (Å²) < 4.78 is 0. The topological polar surface area (TPSA) is 437 Å². The molecule has 18 N–H and O–H groups in total. The number of aromatic amines is 4. The number of hydrogen-bond acceptors (Lipinski definition) is 14. The van der Waals surface area contributed by atoms with Gasteiger partial charge in [0.1, 0.15) is 36.3 Å². The van der Waals surface area contributed by atoms with Gasteiger partial charge in [-0.25, -0.2) is 24.7 Å². The first kappa shape index (κ1) is 51.0. The second kappa shape index (κ2) is 25.6. The lowest BCUT2D eigenvalue weighted by Crippen LogP contribution is -2.61. The average Bonchev–Trinajstić information content (AvgIpc) is 4.13. The molecule has 0 aliphatic carbocycles. The van der Waals surface area contributed by atoms with Crippen LogP contribution in [0.4, 0.5) is 0 Å². The van der Waals surface area contributed by atoms with Crippen LogP contribution in [0.1, 0.15) is 55.9 Å². The summed E-state index contributed by atoms with van der Waals surface area (Å²) in [6.45, 7) is 2.61. The number of aliphatic imine (C=N–C) groups is 1. The van der Waals surface area contributed by atoms with Crippen molar-refractivity contribution in [2.45, 2.75) is 101 Å². The summed E-state index contributed by atoms with van der Waals surface area (Å²) in [5.74, 6) is -6.85. The van der Waals surface area contributed by atoms with Crippen LogP contribution in [0.3, 0.4) is 0 Å². The van der Waals surface area contributed by atoms with Crippen LogP contribution >= 0.6 is 0 Å². The summed E-state index contributed by atoms with van der Waals surface area (Å²) in [5, 5.41) is 35.3. The number of imidazole rings is 4. The highest BCUT2D eigenvalue weighted by Crippen LogP contribution is 2.10. The van der Waals surface area contributed by atoms with Gasteiger partial charge in [-0.05, 0) is 25.2 Å². The minimum absolute atomic E-state index is 0.0292. The molecule has 27 nitrogen and oxygen atoms in total. The third-order valence-electron chi connectivity index (χ3n) is 9.88. The van der Waals surface area contributed by atoms with E-state index in [-0.39, 0.29) is 63.4 Å².